The highest BCUT2D eigenvalue weighted by molar-refractivity contribution is 7.93. The maximum absolute atomic E-state index is 13.3. The number of anilines is 1. The van der Waals surface area contributed by atoms with Crippen molar-refractivity contribution in [3.63, 3.8) is 0 Å². The number of carbonyl (C=O) groups excluding carboxylic acids is 1. The molecule has 0 spiro atoms. The molecule has 1 atom stereocenters. The molecule has 1 aliphatic rings. The van der Waals surface area contributed by atoms with Crippen LogP contribution in [0.15, 0.2) is 48.5 Å². The van der Waals surface area contributed by atoms with Crippen molar-refractivity contribution in [3.05, 3.63) is 65.5 Å². The molecule has 0 aromatic heterocycles. The zero-order valence-corrected chi connectivity index (χ0v) is 17.8. The van der Waals surface area contributed by atoms with Crippen LogP contribution in [0.2, 0.25) is 0 Å². The lowest BCUT2D eigenvalue weighted by Crippen LogP contribution is -2.31. The molecule has 156 valence electrons. The van der Waals surface area contributed by atoms with Crippen molar-refractivity contribution >= 4 is 21.6 Å². The first kappa shape index (κ1) is 21.3. The summed E-state index contributed by atoms with van der Waals surface area (Å²) in [5, 5.41) is 3.03. The zero-order valence-electron chi connectivity index (χ0n) is 17.0. The quantitative estimate of drug-likeness (QED) is 0.788. The SMILES string of the molecule is CC(C)(C)C[C@H](NC(=O)c1cccc(N2CCCS2(=O)=O)c1)c1ccc(F)cc1. The minimum atomic E-state index is -3.31. The maximum atomic E-state index is 13.3. The number of carbonyl (C=O) groups is 1. The number of benzene rings is 2. The van der Waals surface area contributed by atoms with Crippen molar-refractivity contribution in [2.75, 3.05) is 16.6 Å². The Kier molecular flexibility index (Phi) is 5.98. The highest BCUT2D eigenvalue weighted by Gasteiger charge is 2.29. The van der Waals surface area contributed by atoms with Gasteiger partial charge in [0.25, 0.3) is 5.91 Å². The summed E-state index contributed by atoms with van der Waals surface area (Å²) in [4.78, 5) is 13.0. The highest BCUT2D eigenvalue weighted by Crippen LogP contribution is 2.30. The number of nitrogens with one attached hydrogen (secondary N) is 1. The van der Waals surface area contributed by atoms with Gasteiger partial charge in [0.1, 0.15) is 5.82 Å². The van der Waals surface area contributed by atoms with Gasteiger partial charge in [0.05, 0.1) is 17.5 Å². The predicted octanol–water partition coefficient (Wildman–Crippen LogP) is 4.27. The average molecular weight is 419 g/mol. The summed E-state index contributed by atoms with van der Waals surface area (Å²) in [5.74, 6) is -0.488. The Labute approximate surface area is 172 Å². The van der Waals surface area contributed by atoms with Gasteiger partial charge >= 0.3 is 0 Å². The number of sulfonamides is 1. The summed E-state index contributed by atoms with van der Waals surface area (Å²) >= 11 is 0. The van der Waals surface area contributed by atoms with E-state index in [1.54, 1.807) is 36.4 Å². The lowest BCUT2D eigenvalue weighted by molar-refractivity contribution is 0.0926. The minimum Gasteiger partial charge on any atom is -0.345 e. The largest absolute Gasteiger partial charge is 0.345 e. The van der Waals surface area contributed by atoms with Gasteiger partial charge in [-0.3, -0.25) is 9.10 Å². The van der Waals surface area contributed by atoms with Gasteiger partial charge in [0.15, 0.2) is 0 Å². The van der Waals surface area contributed by atoms with E-state index in [0.717, 1.165) is 5.56 Å². The maximum Gasteiger partial charge on any atom is 0.251 e. The average Bonchev–Trinajstić information content (AvgIpc) is 3.00. The van der Waals surface area contributed by atoms with Crippen molar-refractivity contribution < 1.29 is 17.6 Å². The highest BCUT2D eigenvalue weighted by atomic mass is 32.2. The second-order valence-corrected chi connectivity index (χ2v) is 10.6. The molecule has 1 fully saturated rings. The van der Waals surface area contributed by atoms with Crippen LogP contribution < -0.4 is 9.62 Å². The Bertz CT molecular complexity index is 982. The van der Waals surface area contributed by atoms with Crippen LogP contribution in [0.25, 0.3) is 0 Å². The summed E-state index contributed by atoms with van der Waals surface area (Å²) in [7, 11) is -3.31. The fraction of sp³-hybridized carbons (Fsp3) is 0.409. The second-order valence-electron chi connectivity index (χ2n) is 8.63. The van der Waals surface area contributed by atoms with Gasteiger partial charge in [-0.25, -0.2) is 12.8 Å². The molecule has 0 bridgehead atoms. The third-order valence-corrected chi connectivity index (χ3v) is 6.76. The van der Waals surface area contributed by atoms with E-state index in [4.69, 9.17) is 0 Å². The van der Waals surface area contributed by atoms with Gasteiger partial charge < -0.3 is 5.32 Å². The van der Waals surface area contributed by atoms with Crippen molar-refractivity contribution in [3.8, 4) is 0 Å². The molecule has 2 aromatic carbocycles. The fourth-order valence-corrected chi connectivity index (χ4v) is 5.09. The second kappa shape index (κ2) is 8.14. The topological polar surface area (TPSA) is 66.5 Å². The zero-order chi connectivity index (χ0) is 21.2. The van der Waals surface area contributed by atoms with Crippen molar-refractivity contribution in [1.29, 1.82) is 0 Å². The van der Waals surface area contributed by atoms with E-state index < -0.39 is 10.0 Å². The van der Waals surface area contributed by atoms with Crippen molar-refractivity contribution in [2.24, 2.45) is 5.41 Å². The molecule has 1 aliphatic heterocycles. The molecular weight excluding hydrogens is 391 g/mol. The molecule has 5 nitrogen and oxygen atoms in total. The molecule has 3 rings (SSSR count). The lowest BCUT2D eigenvalue weighted by Gasteiger charge is -2.27. The van der Waals surface area contributed by atoms with Gasteiger partial charge in [0, 0.05) is 12.1 Å². The molecule has 1 N–H and O–H groups in total. The van der Waals surface area contributed by atoms with Crippen LogP contribution in [-0.4, -0.2) is 26.6 Å². The number of halogens is 1. The Morgan fingerprint density at radius 3 is 2.45 bits per heavy atom. The van der Waals surface area contributed by atoms with Crippen LogP contribution in [0.5, 0.6) is 0 Å². The first-order valence-corrected chi connectivity index (χ1v) is 11.3. The molecule has 0 saturated carbocycles. The summed E-state index contributed by atoms with van der Waals surface area (Å²) in [5.41, 5.74) is 1.67. The molecule has 1 saturated heterocycles. The first-order valence-electron chi connectivity index (χ1n) is 9.72. The van der Waals surface area contributed by atoms with E-state index in [2.05, 4.69) is 26.1 Å². The van der Waals surface area contributed by atoms with Crippen LogP contribution in [0.1, 0.15) is 55.6 Å². The molecule has 0 radical (unpaired) electrons. The summed E-state index contributed by atoms with van der Waals surface area (Å²) in [6, 6.07) is 12.5. The van der Waals surface area contributed by atoms with Gasteiger partial charge in [0.2, 0.25) is 10.0 Å². The standard InChI is InChI=1S/C22H27FN2O3S/c1-22(2,3)15-20(16-8-10-18(23)11-9-16)24-21(26)17-6-4-7-19(14-17)25-12-5-13-29(25,27)28/h4,6-11,14,20H,5,12-13,15H2,1-3H3,(H,24,26)/t20-/m0/s1. The summed E-state index contributed by atoms with van der Waals surface area (Å²) in [6.07, 6.45) is 1.25. The van der Waals surface area contributed by atoms with E-state index in [1.165, 1.54) is 16.4 Å². The van der Waals surface area contributed by atoms with Gasteiger partial charge in [-0.1, -0.05) is 39.0 Å². The third kappa shape index (κ3) is 5.35. The van der Waals surface area contributed by atoms with Crippen molar-refractivity contribution in [1.82, 2.24) is 5.32 Å². The van der Waals surface area contributed by atoms with Crippen LogP contribution >= 0.6 is 0 Å². The van der Waals surface area contributed by atoms with Gasteiger partial charge in [-0.15, -0.1) is 0 Å². The molecular formula is C22H27FN2O3S. The predicted molar refractivity (Wildman–Crippen MR) is 113 cm³/mol. The molecule has 0 unspecified atom stereocenters. The van der Waals surface area contributed by atoms with E-state index in [1.807, 2.05) is 0 Å². The van der Waals surface area contributed by atoms with Crippen LogP contribution in [0, 0.1) is 11.2 Å². The third-order valence-electron chi connectivity index (χ3n) is 4.89. The molecule has 0 aliphatic carbocycles. The normalized spacial score (nSPS) is 17.2. The lowest BCUT2D eigenvalue weighted by atomic mass is 9.85. The van der Waals surface area contributed by atoms with E-state index in [-0.39, 0.29) is 28.9 Å². The number of hydrogen-bond acceptors (Lipinski definition) is 3. The Balaban J connectivity index is 1.84. The number of nitrogens with zero attached hydrogens (tertiary/aromatic N) is 1. The van der Waals surface area contributed by atoms with Crippen LogP contribution in [0.4, 0.5) is 10.1 Å². The summed E-state index contributed by atoms with van der Waals surface area (Å²) < 4.78 is 39.1. The number of hydrogen-bond donors (Lipinski definition) is 1. The van der Waals surface area contributed by atoms with E-state index >= 15 is 0 Å². The van der Waals surface area contributed by atoms with Crippen LogP contribution in [-0.2, 0) is 10.0 Å². The van der Waals surface area contributed by atoms with Crippen LogP contribution in [0.3, 0.4) is 0 Å². The fourth-order valence-electron chi connectivity index (χ4n) is 3.53. The minimum absolute atomic E-state index is 0.0577. The summed E-state index contributed by atoms with van der Waals surface area (Å²) in [6.45, 7) is 6.66. The number of rotatable bonds is 5. The molecule has 1 heterocycles. The Hall–Kier alpha value is -2.41. The Morgan fingerprint density at radius 2 is 1.86 bits per heavy atom. The Morgan fingerprint density at radius 1 is 1.17 bits per heavy atom. The smallest absolute Gasteiger partial charge is 0.251 e. The van der Waals surface area contributed by atoms with Crippen molar-refractivity contribution in [2.45, 2.75) is 39.7 Å². The first-order chi connectivity index (χ1) is 13.5. The molecule has 2 aromatic rings. The van der Waals surface area contributed by atoms with E-state index in [9.17, 15) is 17.6 Å². The molecule has 29 heavy (non-hydrogen) atoms. The molecule has 1 amide bonds. The van der Waals surface area contributed by atoms with Gasteiger partial charge in [-0.05, 0) is 54.2 Å². The number of amides is 1. The molecule has 7 heteroatoms. The monoisotopic (exact) mass is 418 g/mol. The van der Waals surface area contributed by atoms with Gasteiger partial charge in [-0.2, -0.15) is 0 Å². The van der Waals surface area contributed by atoms with E-state index in [0.29, 0.717) is 30.6 Å².